The van der Waals surface area contributed by atoms with Gasteiger partial charge in [-0.2, -0.15) is 0 Å². The van der Waals surface area contributed by atoms with Crippen molar-refractivity contribution in [3.05, 3.63) is 12.2 Å². The Morgan fingerprint density at radius 2 is 2.16 bits per heavy atom. The third-order valence-corrected chi connectivity index (χ3v) is 3.26. The summed E-state index contributed by atoms with van der Waals surface area (Å²) < 4.78 is 10.5. The first kappa shape index (κ1) is 13.9. The highest BCUT2D eigenvalue weighted by Gasteiger charge is 2.37. The maximum Gasteiger partial charge on any atom is 0.407 e. The number of esters is 1. The summed E-state index contributed by atoms with van der Waals surface area (Å²) >= 11 is 0. The zero-order chi connectivity index (χ0) is 14.0. The molecule has 0 aromatic rings. The molecular weight excluding hydrogens is 246 g/mol. The van der Waals surface area contributed by atoms with Crippen molar-refractivity contribution in [3.63, 3.8) is 0 Å². The van der Waals surface area contributed by atoms with Crippen LogP contribution < -0.4 is 5.32 Å². The lowest BCUT2D eigenvalue weighted by atomic mass is 9.86. The number of hydrogen-bond donors (Lipinski definition) is 1. The molecule has 1 N–H and O–H groups in total. The molecule has 1 saturated heterocycles. The molecule has 1 amide bonds. The van der Waals surface area contributed by atoms with Crippen LogP contribution in [-0.2, 0) is 14.3 Å². The molecular formula is C14H21NO4. The maximum absolute atomic E-state index is 11.9. The highest BCUT2D eigenvalue weighted by atomic mass is 16.6. The molecule has 0 aromatic carbocycles. The third-order valence-electron chi connectivity index (χ3n) is 3.26. The van der Waals surface area contributed by atoms with Gasteiger partial charge < -0.3 is 14.8 Å². The van der Waals surface area contributed by atoms with E-state index in [9.17, 15) is 9.59 Å². The van der Waals surface area contributed by atoms with Gasteiger partial charge in [-0.05, 0) is 46.1 Å². The quantitative estimate of drug-likeness (QED) is 0.584. The molecule has 3 rings (SSSR count). The second kappa shape index (κ2) is 5.23. The summed E-state index contributed by atoms with van der Waals surface area (Å²) in [5.41, 5.74) is -0.542. The molecule has 106 valence electrons. The largest absolute Gasteiger partial charge is 0.458 e. The number of ether oxygens (including phenoxy) is 2. The van der Waals surface area contributed by atoms with E-state index in [2.05, 4.69) is 5.32 Å². The molecule has 1 aliphatic carbocycles. The second-order valence-electron chi connectivity index (χ2n) is 6.08. The number of alkyl carbamates (subject to hydrolysis) is 1. The summed E-state index contributed by atoms with van der Waals surface area (Å²) in [5, 5.41) is 2.79. The molecule has 0 saturated carbocycles. The first-order chi connectivity index (χ1) is 8.85. The van der Waals surface area contributed by atoms with Gasteiger partial charge >= 0.3 is 12.1 Å². The number of carbonyl (C=O) groups is 2. The van der Waals surface area contributed by atoms with E-state index in [4.69, 9.17) is 9.47 Å². The van der Waals surface area contributed by atoms with E-state index < -0.39 is 11.7 Å². The lowest BCUT2D eigenvalue weighted by molar-refractivity contribution is -0.159. The Kier molecular flexibility index (Phi) is 3.83. The molecule has 0 aromatic heterocycles. The van der Waals surface area contributed by atoms with Crippen LogP contribution in [0.4, 0.5) is 4.79 Å². The Hall–Kier alpha value is -1.52. The monoisotopic (exact) mass is 267 g/mol. The molecule has 0 unspecified atom stereocenters. The predicted molar refractivity (Wildman–Crippen MR) is 69.5 cm³/mol. The van der Waals surface area contributed by atoms with Crippen molar-refractivity contribution in [2.75, 3.05) is 0 Å². The van der Waals surface area contributed by atoms with E-state index in [1.165, 1.54) is 0 Å². The third kappa shape index (κ3) is 3.72. The molecule has 5 nitrogen and oxygen atoms in total. The van der Waals surface area contributed by atoms with Crippen molar-refractivity contribution in [3.8, 4) is 0 Å². The zero-order valence-electron chi connectivity index (χ0n) is 11.6. The lowest BCUT2D eigenvalue weighted by Crippen LogP contribution is -2.48. The molecule has 0 spiro atoms. The van der Waals surface area contributed by atoms with Crippen LogP contribution in [0.5, 0.6) is 0 Å². The summed E-state index contributed by atoms with van der Waals surface area (Å²) in [5.74, 6) is -0.490. The zero-order valence-corrected chi connectivity index (χ0v) is 11.6. The van der Waals surface area contributed by atoms with E-state index in [0.29, 0.717) is 6.42 Å². The minimum atomic E-state index is -0.542. The molecule has 1 fully saturated rings. The fourth-order valence-corrected chi connectivity index (χ4v) is 2.42. The molecule has 19 heavy (non-hydrogen) atoms. The van der Waals surface area contributed by atoms with Crippen LogP contribution in [0.25, 0.3) is 0 Å². The summed E-state index contributed by atoms with van der Waals surface area (Å²) in [7, 11) is 0. The van der Waals surface area contributed by atoms with E-state index in [-0.39, 0.29) is 24.0 Å². The average Bonchev–Trinajstić information content (AvgIpc) is 2.22. The SMILES string of the molecule is CC(C)(C)OC(=O)N[C@H]1C/C=C\[C@H]2CC[C@@H]1C(=O)O2. The van der Waals surface area contributed by atoms with Crippen LogP contribution >= 0.6 is 0 Å². The number of amides is 1. The number of carbonyl (C=O) groups excluding carboxylic acids is 2. The van der Waals surface area contributed by atoms with Crippen molar-refractivity contribution in [1.29, 1.82) is 0 Å². The summed E-state index contributed by atoms with van der Waals surface area (Å²) in [6.45, 7) is 5.43. The lowest BCUT2D eigenvalue weighted by Gasteiger charge is -2.34. The summed E-state index contributed by atoms with van der Waals surface area (Å²) in [4.78, 5) is 23.7. The van der Waals surface area contributed by atoms with Gasteiger partial charge in [0.15, 0.2) is 0 Å². The molecule has 2 heterocycles. The van der Waals surface area contributed by atoms with Crippen LogP contribution in [0.1, 0.15) is 40.0 Å². The fraction of sp³-hybridized carbons (Fsp3) is 0.714. The van der Waals surface area contributed by atoms with Crippen LogP contribution in [0.2, 0.25) is 0 Å². The Balaban J connectivity index is 2.02. The van der Waals surface area contributed by atoms with E-state index >= 15 is 0 Å². The first-order valence-corrected chi connectivity index (χ1v) is 6.72. The van der Waals surface area contributed by atoms with E-state index in [0.717, 1.165) is 12.8 Å². The van der Waals surface area contributed by atoms with Crippen LogP contribution in [0, 0.1) is 5.92 Å². The van der Waals surface area contributed by atoms with Crippen molar-refractivity contribution in [1.82, 2.24) is 5.32 Å². The van der Waals surface area contributed by atoms with Gasteiger partial charge in [0, 0.05) is 6.04 Å². The molecule has 3 aliphatic rings. The predicted octanol–water partition coefficient (Wildman–Crippen LogP) is 2.16. The Labute approximate surface area is 113 Å². The van der Waals surface area contributed by atoms with Crippen LogP contribution in [0.15, 0.2) is 12.2 Å². The van der Waals surface area contributed by atoms with Crippen molar-refractivity contribution in [2.24, 2.45) is 5.92 Å². The normalized spacial score (nSPS) is 31.9. The van der Waals surface area contributed by atoms with Gasteiger partial charge in [-0.3, -0.25) is 4.79 Å². The highest BCUT2D eigenvalue weighted by molar-refractivity contribution is 5.76. The molecule has 0 radical (unpaired) electrons. The van der Waals surface area contributed by atoms with Gasteiger partial charge in [-0.1, -0.05) is 6.08 Å². The van der Waals surface area contributed by atoms with Crippen molar-refractivity contribution >= 4 is 12.1 Å². The average molecular weight is 267 g/mol. The minimum Gasteiger partial charge on any atom is -0.458 e. The number of hydrogen-bond acceptors (Lipinski definition) is 4. The van der Waals surface area contributed by atoms with Crippen LogP contribution in [-0.4, -0.2) is 29.8 Å². The topological polar surface area (TPSA) is 64.6 Å². The van der Waals surface area contributed by atoms with Gasteiger partial charge in [0.25, 0.3) is 0 Å². The molecule has 2 aliphatic heterocycles. The summed E-state index contributed by atoms with van der Waals surface area (Å²) in [6, 6.07) is -0.250. The standard InChI is InChI=1S/C14H21NO4/c1-14(2,3)19-13(17)15-11-6-4-5-9-7-8-10(11)12(16)18-9/h4-5,9-11H,6-8H2,1-3H3,(H,15,17)/b5-4-/t9-,10-,11-/m0/s1. The molecule has 3 atom stereocenters. The fourth-order valence-electron chi connectivity index (χ4n) is 2.42. The van der Waals surface area contributed by atoms with E-state index in [1.807, 2.05) is 32.9 Å². The number of rotatable bonds is 1. The number of nitrogens with one attached hydrogen (secondary N) is 1. The maximum atomic E-state index is 11.9. The summed E-state index contributed by atoms with van der Waals surface area (Å²) in [6.07, 6.45) is 5.48. The van der Waals surface area contributed by atoms with Gasteiger partial charge in [-0.25, -0.2) is 4.79 Å². The van der Waals surface area contributed by atoms with Gasteiger partial charge in [0.05, 0.1) is 5.92 Å². The number of fused-ring (bicyclic) bond motifs is 4. The van der Waals surface area contributed by atoms with Crippen LogP contribution in [0.3, 0.4) is 0 Å². The Morgan fingerprint density at radius 3 is 2.79 bits per heavy atom. The molecule has 5 heteroatoms. The Bertz CT molecular complexity index is 397. The van der Waals surface area contributed by atoms with Gasteiger partial charge in [-0.15, -0.1) is 0 Å². The highest BCUT2D eigenvalue weighted by Crippen LogP contribution is 2.28. The second-order valence-corrected chi connectivity index (χ2v) is 6.08. The molecule has 2 bridgehead atoms. The van der Waals surface area contributed by atoms with E-state index in [1.54, 1.807) is 0 Å². The smallest absolute Gasteiger partial charge is 0.407 e. The van der Waals surface area contributed by atoms with Crippen molar-refractivity contribution < 1.29 is 19.1 Å². The van der Waals surface area contributed by atoms with Crippen molar-refractivity contribution in [2.45, 2.75) is 57.8 Å². The Morgan fingerprint density at radius 1 is 1.42 bits per heavy atom. The first-order valence-electron chi connectivity index (χ1n) is 6.72. The minimum absolute atomic E-state index is 0.0915. The van der Waals surface area contributed by atoms with Gasteiger partial charge in [0.1, 0.15) is 11.7 Å². The van der Waals surface area contributed by atoms with Gasteiger partial charge in [0.2, 0.25) is 0 Å².